The number of rotatable bonds is 7. The second kappa shape index (κ2) is 7.23. The van der Waals surface area contributed by atoms with Gasteiger partial charge in [0, 0.05) is 0 Å². The summed E-state index contributed by atoms with van der Waals surface area (Å²) < 4.78 is 45.3. The van der Waals surface area contributed by atoms with Crippen LogP contribution in [0.4, 0.5) is 13.2 Å². The fourth-order valence-electron chi connectivity index (χ4n) is 1.58. The Bertz CT molecular complexity index is 365. The number of benzene rings is 1. The molecule has 6 heteroatoms. The standard InChI is InChI=1S/C13H18F3NO2/c1-10(4-3-9-17-2)18-11-5-7-12(8-6-11)19-13(14,15)16/h5-8,10,17H,3-4,9H2,1-2H3. The second-order valence-electron chi connectivity index (χ2n) is 4.19. The third-order valence-electron chi connectivity index (χ3n) is 2.43. The topological polar surface area (TPSA) is 30.5 Å². The molecule has 1 N–H and O–H groups in total. The molecule has 0 bridgehead atoms. The van der Waals surface area contributed by atoms with Gasteiger partial charge in [-0.15, -0.1) is 13.2 Å². The Hall–Kier alpha value is -1.43. The van der Waals surface area contributed by atoms with Crippen LogP contribution in [0.1, 0.15) is 19.8 Å². The normalized spacial score (nSPS) is 13.1. The summed E-state index contributed by atoms with van der Waals surface area (Å²) >= 11 is 0. The maximum Gasteiger partial charge on any atom is 0.573 e. The van der Waals surface area contributed by atoms with Gasteiger partial charge in [0.1, 0.15) is 11.5 Å². The molecule has 0 spiro atoms. The third-order valence-corrected chi connectivity index (χ3v) is 2.43. The van der Waals surface area contributed by atoms with Gasteiger partial charge in [0.25, 0.3) is 0 Å². The van der Waals surface area contributed by atoms with E-state index in [0.717, 1.165) is 19.4 Å². The number of hydrogen-bond acceptors (Lipinski definition) is 3. The summed E-state index contributed by atoms with van der Waals surface area (Å²) in [6.45, 7) is 2.84. The van der Waals surface area contributed by atoms with Crippen LogP contribution in [-0.4, -0.2) is 26.1 Å². The fourth-order valence-corrected chi connectivity index (χ4v) is 1.58. The minimum Gasteiger partial charge on any atom is -0.491 e. The van der Waals surface area contributed by atoms with Crippen molar-refractivity contribution < 1.29 is 22.6 Å². The first-order valence-corrected chi connectivity index (χ1v) is 6.08. The molecule has 0 radical (unpaired) electrons. The van der Waals surface area contributed by atoms with Crippen molar-refractivity contribution in [3.8, 4) is 11.5 Å². The Labute approximate surface area is 110 Å². The Morgan fingerprint density at radius 2 is 1.74 bits per heavy atom. The number of halogens is 3. The highest BCUT2D eigenvalue weighted by molar-refractivity contribution is 5.31. The van der Waals surface area contributed by atoms with Crippen molar-refractivity contribution in [2.45, 2.75) is 32.2 Å². The van der Waals surface area contributed by atoms with Gasteiger partial charge in [0.05, 0.1) is 6.10 Å². The lowest BCUT2D eigenvalue weighted by Gasteiger charge is -2.15. The zero-order valence-electron chi connectivity index (χ0n) is 11.0. The smallest absolute Gasteiger partial charge is 0.491 e. The first kappa shape index (κ1) is 15.6. The molecular weight excluding hydrogens is 259 g/mol. The zero-order valence-corrected chi connectivity index (χ0v) is 11.0. The van der Waals surface area contributed by atoms with Gasteiger partial charge in [-0.05, 0) is 57.6 Å². The maximum absolute atomic E-state index is 12.0. The van der Waals surface area contributed by atoms with Gasteiger partial charge < -0.3 is 14.8 Å². The summed E-state index contributed by atoms with van der Waals surface area (Å²) in [4.78, 5) is 0. The van der Waals surface area contributed by atoms with Crippen LogP contribution in [0.15, 0.2) is 24.3 Å². The molecule has 0 aliphatic heterocycles. The first-order valence-electron chi connectivity index (χ1n) is 6.08. The molecule has 0 saturated heterocycles. The minimum atomic E-state index is -4.66. The molecule has 0 aromatic heterocycles. The number of hydrogen-bond donors (Lipinski definition) is 1. The van der Waals surface area contributed by atoms with Gasteiger partial charge in [0.15, 0.2) is 0 Å². The minimum absolute atomic E-state index is 0.0164. The summed E-state index contributed by atoms with van der Waals surface area (Å²) in [5.74, 6) is 0.286. The van der Waals surface area contributed by atoms with Crippen LogP contribution in [0.25, 0.3) is 0 Å². The lowest BCUT2D eigenvalue weighted by molar-refractivity contribution is -0.274. The van der Waals surface area contributed by atoms with Crippen LogP contribution in [0.5, 0.6) is 11.5 Å². The predicted molar refractivity (Wildman–Crippen MR) is 66.4 cm³/mol. The molecule has 0 amide bonds. The SMILES string of the molecule is CNCCCC(C)Oc1ccc(OC(F)(F)F)cc1. The van der Waals surface area contributed by atoms with E-state index >= 15 is 0 Å². The quantitative estimate of drug-likeness (QED) is 0.775. The van der Waals surface area contributed by atoms with Crippen molar-refractivity contribution in [2.75, 3.05) is 13.6 Å². The van der Waals surface area contributed by atoms with E-state index < -0.39 is 6.36 Å². The Morgan fingerprint density at radius 1 is 1.16 bits per heavy atom. The summed E-state index contributed by atoms with van der Waals surface area (Å²) in [6.07, 6.45) is -2.79. The molecule has 0 aliphatic carbocycles. The van der Waals surface area contributed by atoms with Crippen molar-refractivity contribution in [1.29, 1.82) is 0 Å². The van der Waals surface area contributed by atoms with E-state index in [-0.39, 0.29) is 11.9 Å². The summed E-state index contributed by atoms with van der Waals surface area (Å²) in [7, 11) is 1.88. The monoisotopic (exact) mass is 277 g/mol. The lowest BCUT2D eigenvalue weighted by Crippen LogP contribution is -2.17. The van der Waals surface area contributed by atoms with Gasteiger partial charge in [-0.2, -0.15) is 0 Å². The molecule has 0 saturated carbocycles. The molecule has 1 atom stereocenters. The summed E-state index contributed by atoms with van der Waals surface area (Å²) in [5.41, 5.74) is 0. The third kappa shape index (κ3) is 6.91. The van der Waals surface area contributed by atoms with E-state index in [1.807, 2.05) is 14.0 Å². The molecule has 0 aliphatic rings. The average molecular weight is 277 g/mol. The van der Waals surface area contributed by atoms with Crippen molar-refractivity contribution in [1.82, 2.24) is 5.32 Å². The fraction of sp³-hybridized carbons (Fsp3) is 0.538. The van der Waals surface area contributed by atoms with Gasteiger partial charge in [0.2, 0.25) is 0 Å². The van der Waals surface area contributed by atoms with Gasteiger partial charge >= 0.3 is 6.36 Å². The molecule has 108 valence electrons. The highest BCUT2D eigenvalue weighted by Crippen LogP contribution is 2.25. The number of ether oxygens (including phenoxy) is 2. The van der Waals surface area contributed by atoms with Crippen molar-refractivity contribution in [3.05, 3.63) is 24.3 Å². The van der Waals surface area contributed by atoms with Gasteiger partial charge in [-0.1, -0.05) is 0 Å². The molecule has 3 nitrogen and oxygen atoms in total. The molecule has 19 heavy (non-hydrogen) atoms. The second-order valence-corrected chi connectivity index (χ2v) is 4.19. The average Bonchev–Trinajstić information content (AvgIpc) is 2.30. The van der Waals surface area contributed by atoms with Crippen molar-refractivity contribution in [3.63, 3.8) is 0 Å². The molecule has 1 aromatic carbocycles. The van der Waals surface area contributed by atoms with Crippen LogP contribution in [-0.2, 0) is 0 Å². The van der Waals surface area contributed by atoms with Gasteiger partial charge in [-0.3, -0.25) is 0 Å². The van der Waals surface area contributed by atoms with Crippen LogP contribution in [0, 0.1) is 0 Å². The van der Waals surface area contributed by atoms with E-state index in [4.69, 9.17) is 4.74 Å². The highest BCUT2D eigenvalue weighted by atomic mass is 19.4. The Morgan fingerprint density at radius 3 is 2.26 bits per heavy atom. The molecule has 0 heterocycles. The number of nitrogens with one attached hydrogen (secondary N) is 1. The predicted octanol–water partition coefficient (Wildman–Crippen LogP) is 3.35. The van der Waals surface area contributed by atoms with Crippen LogP contribution >= 0.6 is 0 Å². The van der Waals surface area contributed by atoms with Crippen molar-refractivity contribution >= 4 is 0 Å². The Balaban J connectivity index is 2.43. The highest BCUT2D eigenvalue weighted by Gasteiger charge is 2.30. The van der Waals surface area contributed by atoms with Crippen LogP contribution in [0.3, 0.4) is 0 Å². The van der Waals surface area contributed by atoms with Crippen LogP contribution in [0.2, 0.25) is 0 Å². The molecule has 1 rings (SSSR count). The lowest BCUT2D eigenvalue weighted by atomic mass is 10.2. The summed E-state index contributed by atoms with van der Waals surface area (Å²) in [5, 5.41) is 3.04. The number of alkyl halides is 3. The molecular formula is C13H18F3NO2. The van der Waals surface area contributed by atoms with E-state index in [0.29, 0.717) is 5.75 Å². The largest absolute Gasteiger partial charge is 0.573 e. The van der Waals surface area contributed by atoms with E-state index in [1.165, 1.54) is 24.3 Å². The van der Waals surface area contributed by atoms with Crippen LogP contribution < -0.4 is 14.8 Å². The Kier molecular flexibility index (Phi) is 5.95. The zero-order chi connectivity index (χ0) is 14.3. The van der Waals surface area contributed by atoms with E-state index in [1.54, 1.807) is 0 Å². The summed E-state index contributed by atoms with van der Waals surface area (Å²) in [6, 6.07) is 5.41. The molecule has 1 unspecified atom stereocenters. The van der Waals surface area contributed by atoms with Crippen molar-refractivity contribution in [2.24, 2.45) is 0 Å². The van der Waals surface area contributed by atoms with E-state index in [2.05, 4.69) is 10.1 Å². The van der Waals surface area contributed by atoms with E-state index in [9.17, 15) is 13.2 Å². The molecule has 1 aromatic rings. The molecule has 0 fully saturated rings. The first-order chi connectivity index (χ1) is 8.90. The van der Waals surface area contributed by atoms with Gasteiger partial charge in [-0.25, -0.2) is 0 Å². The maximum atomic E-state index is 12.0.